The Kier molecular flexibility index (Phi) is 2.76. The molecule has 62 valence electrons. The number of rotatable bonds is 2. The number of aliphatic imine (C=N–C) groups is 1. The highest BCUT2D eigenvalue weighted by Crippen LogP contribution is 2.17. The predicted octanol–water partition coefficient (Wildman–Crippen LogP) is 0.524. The monoisotopic (exact) mass is 191 g/mol. The molecule has 0 radical (unpaired) electrons. The first-order valence-electron chi connectivity index (χ1n) is 3.38. The summed E-state index contributed by atoms with van der Waals surface area (Å²) in [7, 11) is -2.75. The lowest BCUT2D eigenvalue weighted by molar-refractivity contribution is 0.592. The van der Waals surface area contributed by atoms with Gasteiger partial charge in [-0.25, -0.2) is 13.4 Å². The minimum absolute atomic E-state index is 0.176. The first-order valence-corrected chi connectivity index (χ1v) is 5.61. The molecule has 1 atom stereocenters. The van der Waals surface area contributed by atoms with Crippen LogP contribution in [0.4, 0.5) is 0 Å². The summed E-state index contributed by atoms with van der Waals surface area (Å²) >= 11 is 4.38. The van der Waals surface area contributed by atoms with Gasteiger partial charge in [0.1, 0.15) is 0 Å². The van der Waals surface area contributed by atoms with E-state index in [9.17, 15) is 8.42 Å². The van der Waals surface area contributed by atoms with Crippen LogP contribution in [0, 0.1) is 5.92 Å². The van der Waals surface area contributed by atoms with E-state index in [1.54, 1.807) is 0 Å². The normalized spacial score (nSPS) is 27.8. The van der Waals surface area contributed by atoms with E-state index in [2.05, 4.69) is 22.4 Å². The third-order valence-electron chi connectivity index (χ3n) is 1.74. The summed E-state index contributed by atoms with van der Waals surface area (Å²) in [6.07, 6.45) is 0.725. The quantitative estimate of drug-likeness (QED) is 0.472. The predicted molar refractivity (Wildman–Crippen MR) is 46.7 cm³/mol. The van der Waals surface area contributed by atoms with Crippen molar-refractivity contribution in [3.05, 3.63) is 0 Å². The van der Waals surface area contributed by atoms with E-state index in [4.69, 9.17) is 0 Å². The number of hydrogen-bond acceptors (Lipinski definition) is 4. The number of sulfone groups is 1. The van der Waals surface area contributed by atoms with Crippen molar-refractivity contribution >= 4 is 27.2 Å². The van der Waals surface area contributed by atoms with E-state index in [-0.39, 0.29) is 11.7 Å². The summed E-state index contributed by atoms with van der Waals surface area (Å²) in [5, 5.41) is 2.24. The molecule has 0 aromatic heterocycles. The smallest absolute Gasteiger partial charge is 0.150 e. The van der Waals surface area contributed by atoms with Gasteiger partial charge in [0.2, 0.25) is 0 Å². The van der Waals surface area contributed by atoms with Crippen LogP contribution in [0.2, 0.25) is 0 Å². The summed E-state index contributed by atoms with van der Waals surface area (Å²) in [5.74, 6) is 0.758. The van der Waals surface area contributed by atoms with Crippen molar-refractivity contribution in [2.24, 2.45) is 10.9 Å². The third-order valence-corrected chi connectivity index (χ3v) is 3.71. The Morgan fingerprint density at radius 2 is 2.36 bits per heavy atom. The van der Waals surface area contributed by atoms with Crippen LogP contribution in [0.25, 0.3) is 0 Å². The van der Waals surface area contributed by atoms with Crippen molar-refractivity contribution in [3.8, 4) is 0 Å². The Balaban J connectivity index is 2.49. The fourth-order valence-corrected chi connectivity index (χ4v) is 3.11. The molecule has 0 spiro atoms. The lowest BCUT2D eigenvalue weighted by atomic mass is 10.1. The molecule has 1 aliphatic heterocycles. The number of nitrogens with zero attached hydrogens (tertiary/aromatic N) is 1. The molecule has 0 amide bonds. The maximum atomic E-state index is 10.9. The van der Waals surface area contributed by atoms with Gasteiger partial charge in [0.25, 0.3) is 0 Å². The second-order valence-electron chi connectivity index (χ2n) is 2.70. The zero-order valence-corrected chi connectivity index (χ0v) is 7.62. The molecule has 0 unspecified atom stereocenters. The van der Waals surface area contributed by atoms with Crippen LogP contribution in [0.15, 0.2) is 4.99 Å². The molecule has 1 heterocycles. The van der Waals surface area contributed by atoms with Crippen molar-refractivity contribution in [2.75, 3.05) is 18.1 Å². The fourth-order valence-electron chi connectivity index (χ4n) is 1.18. The summed E-state index contributed by atoms with van der Waals surface area (Å²) in [5.41, 5.74) is 0. The van der Waals surface area contributed by atoms with Gasteiger partial charge in [-0.2, -0.15) is 0 Å². The van der Waals surface area contributed by atoms with Crippen LogP contribution in [0.1, 0.15) is 6.42 Å². The highest BCUT2D eigenvalue weighted by atomic mass is 32.2. The zero-order chi connectivity index (χ0) is 8.32. The molecule has 0 aliphatic carbocycles. The lowest BCUT2D eigenvalue weighted by Crippen LogP contribution is -2.07. The SMILES string of the molecule is O=S1(=O)CC[C@@H](CN=C=S)C1. The molecule has 0 aromatic carbocycles. The van der Waals surface area contributed by atoms with Crippen LogP contribution in [0.5, 0.6) is 0 Å². The highest BCUT2D eigenvalue weighted by Gasteiger charge is 2.27. The topological polar surface area (TPSA) is 46.5 Å². The minimum Gasteiger partial charge on any atom is -0.232 e. The molecule has 0 saturated carbocycles. The van der Waals surface area contributed by atoms with Crippen LogP contribution in [-0.4, -0.2) is 31.6 Å². The van der Waals surface area contributed by atoms with Crippen LogP contribution in [0.3, 0.4) is 0 Å². The van der Waals surface area contributed by atoms with Gasteiger partial charge < -0.3 is 0 Å². The molecule has 0 N–H and O–H groups in total. The second-order valence-corrected chi connectivity index (χ2v) is 5.11. The molecule has 11 heavy (non-hydrogen) atoms. The lowest BCUT2D eigenvalue weighted by Gasteiger charge is -1.98. The molecule has 5 heteroatoms. The van der Waals surface area contributed by atoms with E-state index in [0.717, 1.165) is 6.42 Å². The van der Waals surface area contributed by atoms with E-state index < -0.39 is 9.84 Å². The first-order chi connectivity index (χ1) is 5.14. The molecule has 1 saturated heterocycles. The van der Waals surface area contributed by atoms with Gasteiger partial charge in [-0.05, 0) is 24.6 Å². The molecular formula is C6H9NO2S2. The van der Waals surface area contributed by atoms with Crippen molar-refractivity contribution in [2.45, 2.75) is 6.42 Å². The van der Waals surface area contributed by atoms with Gasteiger partial charge in [-0.1, -0.05) is 0 Å². The average molecular weight is 191 g/mol. The molecule has 1 rings (SSSR count). The maximum Gasteiger partial charge on any atom is 0.150 e. The van der Waals surface area contributed by atoms with Gasteiger partial charge in [0, 0.05) is 0 Å². The largest absolute Gasteiger partial charge is 0.232 e. The molecule has 1 aliphatic rings. The molecule has 0 bridgehead atoms. The zero-order valence-electron chi connectivity index (χ0n) is 5.99. The first kappa shape index (κ1) is 8.84. The van der Waals surface area contributed by atoms with Gasteiger partial charge in [0.15, 0.2) is 9.84 Å². The standard InChI is InChI=1S/C6H9NO2S2/c8-11(9)2-1-6(4-11)3-7-5-10/h6H,1-4H2/t6-/m0/s1. The van der Waals surface area contributed by atoms with E-state index in [0.29, 0.717) is 12.3 Å². The molecular weight excluding hydrogens is 182 g/mol. The third kappa shape index (κ3) is 2.69. The average Bonchev–Trinajstić information content (AvgIpc) is 2.26. The Bertz CT molecular complexity index is 277. The molecule has 1 fully saturated rings. The Labute approximate surface area is 71.4 Å². The highest BCUT2D eigenvalue weighted by molar-refractivity contribution is 7.91. The number of hydrogen-bond donors (Lipinski definition) is 0. The van der Waals surface area contributed by atoms with Crippen LogP contribution < -0.4 is 0 Å². The van der Waals surface area contributed by atoms with E-state index >= 15 is 0 Å². The minimum atomic E-state index is -2.75. The summed E-state index contributed by atoms with van der Waals surface area (Å²) in [6.45, 7) is 0.517. The van der Waals surface area contributed by atoms with Crippen molar-refractivity contribution in [3.63, 3.8) is 0 Å². The summed E-state index contributed by atoms with van der Waals surface area (Å²) in [4.78, 5) is 3.72. The van der Waals surface area contributed by atoms with Gasteiger partial charge in [-0.3, -0.25) is 0 Å². The number of isothiocyanates is 1. The Hall–Kier alpha value is -0.250. The van der Waals surface area contributed by atoms with Gasteiger partial charge >= 0.3 is 0 Å². The molecule has 3 nitrogen and oxygen atoms in total. The van der Waals surface area contributed by atoms with Crippen molar-refractivity contribution < 1.29 is 8.42 Å². The Morgan fingerprint density at radius 3 is 2.82 bits per heavy atom. The fraction of sp³-hybridized carbons (Fsp3) is 0.833. The van der Waals surface area contributed by atoms with Crippen LogP contribution in [-0.2, 0) is 9.84 Å². The van der Waals surface area contributed by atoms with Crippen LogP contribution >= 0.6 is 12.2 Å². The summed E-state index contributed by atoms with van der Waals surface area (Å²) < 4.78 is 21.8. The number of thiocarbonyl (C=S) groups is 1. The second kappa shape index (κ2) is 3.43. The summed E-state index contributed by atoms with van der Waals surface area (Å²) in [6, 6.07) is 0. The maximum absolute atomic E-state index is 10.9. The van der Waals surface area contributed by atoms with Gasteiger partial charge in [0.05, 0.1) is 23.2 Å². The van der Waals surface area contributed by atoms with E-state index in [1.807, 2.05) is 0 Å². The van der Waals surface area contributed by atoms with Crippen molar-refractivity contribution in [1.29, 1.82) is 0 Å². The van der Waals surface area contributed by atoms with E-state index in [1.165, 1.54) is 0 Å². The molecule has 0 aromatic rings. The van der Waals surface area contributed by atoms with Crippen molar-refractivity contribution in [1.82, 2.24) is 0 Å². The Morgan fingerprint density at radius 1 is 1.64 bits per heavy atom. The van der Waals surface area contributed by atoms with Gasteiger partial charge in [-0.15, -0.1) is 0 Å².